The van der Waals surface area contributed by atoms with Crippen molar-refractivity contribution in [2.24, 2.45) is 11.3 Å². The average molecular weight is 230 g/mol. The average Bonchev–Trinajstić information content (AvgIpc) is 2.27. The van der Waals surface area contributed by atoms with Crippen molar-refractivity contribution in [3.63, 3.8) is 0 Å². The Kier molecular flexibility index (Phi) is 3.37. The highest BCUT2D eigenvalue weighted by Crippen LogP contribution is 2.42. The van der Waals surface area contributed by atoms with E-state index in [9.17, 15) is 4.79 Å². The summed E-state index contributed by atoms with van der Waals surface area (Å²) in [5.74, 6) is 0.552. The second-order valence-corrected chi connectivity index (χ2v) is 6.02. The standard InChI is InChI=1S/C16H22O/c1-12-7-6-8-13(11-12)15(17)14-9-4-5-10-16(14,2)3/h6-8,11,14H,4-5,9-10H2,1-3H3. The van der Waals surface area contributed by atoms with Crippen LogP contribution >= 0.6 is 0 Å². The van der Waals surface area contributed by atoms with Crippen molar-refractivity contribution in [1.82, 2.24) is 0 Å². The maximum Gasteiger partial charge on any atom is 0.166 e. The van der Waals surface area contributed by atoms with E-state index in [4.69, 9.17) is 0 Å². The molecule has 0 bridgehead atoms. The lowest BCUT2D eigenvalue weighted by molar-refractivity contribution is 0.0697. The van der Waals surface area contributed by atoms with E-state index in [0.29, 0.717) is 5.78 Å². The predicted molar refractivity (Wildman–Crippen MR) is 71.2 cm³/mol. The number of hydrogen-bond acceptors (Lipinski definition) is 1. The van der Waals surface area contributed by atoms with Gasteiger partial charge in [-0.3, -0.25) is 4.79 Å². The largest absolute Gasteiger partial charge is 0.294 e. The minimum Gasteiger partial charge on any atom is -0.294 e. The van der Waals surface area contributed by atoms with E-state index in [-0.39, 0.29) is 11.3 Å². The van der Waals surface area contributed by atoms with Crippen molar-refractivity contribution < 1.29 is 4.79 Å². The fraction of sp³-hybridized carbons (Fsp3) is 0.562. The monoisotopic (exact) mass is 230 g/mol. The number of carbonyl (C=O) groups excluding carboxylic acids is 1. The molecular formula is C16H22O. The van der Waals surface area contributed by atoms with Gasteiger partial charge in [0.15, 0.2) is 5.78 Å². The van der Waals surface area contributed by atoms with Crippen LogP contribution in [0.15, 0.2) is 24.3 Å². The lowest BCUT2D eigenvalue weighted by atomic mass is 9.66. The zero-order valence-corrected chi connectivity index (χ0v) is 11.1. The van der Waals surface area contributed by atoms with Gasteiger partial charge in [-0.25, -0.2) is 0 Å². The van der Waals surface area contributed by atoms with Crippen LogP contribution in [0.25, 0.3) is 0 Å². The third kappa shape index (κ3) is 2.59. The highest BCUT2D eigenvalue weighted by molar-refractivity contribution is 5.98. The molecule has 0 aliphatic heterocycles. The van der Waals surface area contributed by atoms with Gasteiger partial charge >= 0.3 is 0 Å². The van der Waals surface area contributed by atoms with Crippen molar-refractivity contribution in [1.29, 1.82) is 0 Å². The molecule has 0 radical (unpaired) electrons. The first-order chi connectivity index (χ1) is 8.00. The van der Waals surface area contributed by atoms with Gasteiger partial charge in [0.1, 0.15) is 0 Å². The third-order valence-electron chi connectivity index (χ3n) is 4.13. The Balaban J connectivity index is 2.25. The summed E-state index contributed by atoms with van der Waals surface area (Å²) in [6, 6.07) is 8.01. The molecule has 0 spiro atoms. The molecule has 1 fully saturated rings. The normalized spacial score (nSPS) is 23.4. The minimum absolute atomic E-state index is 0.166. The smallest absolute Gasteiger partial charge is 0.166 e. The first kappa shape index (κ1) is 12.3. The van der Waals surface area contributed by atoms with Crippen molar-refractivity contribution >= 4 is 5.78 Å². The second kappa shape index (κ2) is 4.64. The van der Waals surface area contributed by atoms with E-state index in [1.165, 1.54) is 24.8 Å². The van der Waals surface area contributed by atoms with Crippen LogP contribution in [0.4, 0.5) is 0 Å². The molecule has 0 N–H and O–H groups in total. The maximum atomic E-state index is 12.6. The van der Waals surface area contributed by atoms with Gasteiger partial charge in [-0.05, 0) is 31.2 Å². The van der Waals surface area contributed by atoms with Crippen LogP contribution in [-0.4, -0.2) is 5.78 Å². The maximum absolute atomic E-state index is 12.6. The molecule has 1 heteroatoms. The summed E-state index contributed by atoms with van der Waals surface area (Å²) in [6.45, 7) is 6.53. The molecule has 1 aliphatic rings. The zero-order chi connectivity index (χ0) is 12.5. The van der Waals surface area contributed by atoms with Crippen LogP contribution in [0.3, 0.4) is 0 Å². The zero-order valence-electron chi connectivity index (χ0n) is 11.1. The number of Topliss-reactive ketones (excluding diaryl/α,β-unsaturated/α-hetero) is 1. The summed E-state index contributed by atoms with van der Waals surface area (Å²) in [5, 5.41) is 0. The van der Waals surface area contributed by atoms with Gasteiger partial charge in [0.25, 0.3) is 0 Å². The van der Waals surface area contributed by atoms with Crippen molar-refractivity contribution in [2.75, 3.05) is 0 Å². The quantitative estimate of drug-likeness (QED) is 0.688. The number of aryl methyl sites for hydroxylation is 1. The molecule has 1 aromatic rings. The van der Waals surface area contributed by atoms with Gasteiger partial charge in [-0.15, -0.1) is 0 Å². The highest BCUT2D eigenvalue weighted by atomic mass is 16.1. The third-order valence-corrected chi connectivity index (χ3v) is 4.13. The summed E-state index contributed by atoms with van der Waals surface area (Å²) in [4.78, 5) is 12.6. The molecule has 1 nitrogen and oxygen atoms in total. The van der Waals surface area contributed by atoms with Crippen LogP contribution in [-0.2, 0) is 0 Å². The topological polar surface area (TPSA) is 17.1 Å². The molecule has 1 aromatic carbocycles. The Bertz CT molecular complexity index is 417. The lowest BCUT2D eigenvalue weighted by Crippen LogP contribution is -2.34. The fourth-order valence-electron chi connectivity index (χ4n) is 2.98. The molecule has 0 aromatic heterocycles. The van der Waals surface area contributed by atoms with E-state index in [1.54, 1.807) is 0 Å². The first-order valence-electron chi connectivity index (χ1n) is 6.61. The second-order valence-electron chi connectivity index (χ2n) is 6.02. The van der Waals surface area contributed by atoms with Crippen LogP contribution in [0.1, 0.15) is 55.5 Å². The molecule has 17 heavy (non-hydrogen) atoms. The van der Waals surface area contributed by atoms with Crippen molar-refractivity contribution in [2.45, 2.75) is 46.5 Å². The molecule has 0 saturated heterocycles. The van der Waals surface area contributed by atoms with E-state index >= 15 is 0 Å². The Morgan fingerprint density at radius 2 is 2.06 bits per heavy atom. The molecule has 92 valence electrons. The Labute approximate surface area is 104 Å². The van der Waals surface area contributed by atoms with E-state index in [2.05, 4.69) is 13.8 Å². The van der Waals surface area contributed by atoms with E-state index < -0.39 is 0 Å². The first-order valence-corrected chi connectivity index (χ1v) is 6.61. The van der Waals surface area contributed by atoms with Crippen molar-refractivity contribution in [3.05, 3.63) is 35.4 Å². The minimum atomic E-state index is 0.166. The van der Waals surface area contributed by atoms with Gasteiger partial charge in [-0.1, -0.05) is 50.5 Å². The van der Waals surface area contributed by atoms with Gasteiger partial charge in [0, 0.05) is 11.5 Å². The molecular weight excluding hydrogens is 208 g/mol. The number of benzene rings is 1. The van der Waals surface area contributed by atoms with Crippen LogP contribution in [0.2, 0.25) is 0 Å². The fourth-order valence-corrected chi connectivity index (χ4v) is 2.98. The lowest BCUT2D eigenvalue weighted by Gasteiger charge is -2.37. The Hall–Kier alpha value is -1.11. The SMILES string of the molecule is Cc1cccc(C(=O)C2CCCCC2(C)C)c1. The Morgan fingerprint density at radius 1 is 1.29 bits per heavy atom. The summed E-state index contributed by atoms with van der Waals surface area (Å²) in [6.07, 6.45) is 4.70. The molecule has 1 aliphatic carbocycles. The van der Waals surface area contributed by atoms with E-state index in [0.717, 1.165) is 12.0 Å². The highest BCUT2D eigenvalue weighted by Gasteiger charge is 2.37. The Morgan fingerprint density at radius 3 is 2.71 bits per heavy atom. The molecule has 1 atom stereocenters. The summed E-state index contributed by atoms with van der Waals surface area (Å²) >= 11 is 0. The predicted octanol–water partition coefficient (Wildman–Crippen LogP) is 4.39. The van der Waals surface area contributed by atoms with Crippen LogP contribution in [0.5, 0.6) is 0 Å². The number of hydrogen-bond donors (Lipinski definition) is 0. The number of ketones is 1. The van der Waals surface area contributed by atoms with Gasteiger partial charge < -0.3 is 0 Å². The molecule has 1 unspecified atom stereocenters. The van der Waals surface area contributed by atoms with Crippen LogP contribution in [0, 0.1) is 18.3 Å². The summed E-state index contributed by atoms with van der Waals surface area (Å²) in [7, 11) is 0. The summed E-state index contributed by atoms with van der Waals surface area (Å²) < 4.78 is 0. The van der Waals surface area contributed by atoms with Crippen molar-refractivity contribution in [3.8, 4) is 0 Å². The number of rotatable bonds is 2. The van der Waals surface area contributed by atoms with E-state index in [1.807, 2.05) is 31.2 Å². The molecule has 2 rings (SSSR count). The molecule has 1 saturated carbocycles. The number of carbonyl (C=O) groups is 1. The van der Waals surface area contributed by atoms with Crippen LogP contribution < -0.4 is 0 Å². The molecule has 0 heterocycles. The van der Waals surface area contributed by atoms with Gasteiger partial charge in [0.05, 0.1) is 0 Å². The molecule has 0 amide bonds. The van der Waals surface area contributed by atoms with Gasteiger partial charge in [-0.2, -0.15) is 0 Å². The summed E-state index contributed by atoms with van der Waals surface area (Å²) in [5.41, 5.74) is 2.23. The van der Waals surface area contributed by atoms with Gasteiger partial charge in [0.2, 0.25) is 0 Å².